The fourth-order valence-corrected chi connectivity index (χ4v) is 7.18. The molecule has 0 fully saturated rings. The Labute approximate surface area is 272 Å². The summed E-state index contributed by atoms with van der Waals surface area (Å²) in [6.07, 6.45) is 19.2. The summed E-state index contributed by atoms with van der Waals surface area (Å²) < 4.78 is 10.7. The zero-order chi connectivity index (χ0) is 31.5. The first-order valence-corrected chi connectivity index (χ1v) is 16.0. The van der Waals surface area contributed by atoms with Crippen molar-refractivity contribution in [2.24, 2.45) is 0 Å². The summed E-state index contributed by atoms with van der Waals surface area (Å²) in [6.45, 7) is 6.51. The monoisotopic (exact) mass is 609 g/mol. The molecule has 47 heavy (non-hydrogen) atoms. The van der Waals surface area contributed by atoms with Gasteiger partial charge < -0.3 is 4.42 Å². The topological polar surface area (TPSA) is 61.7 Å². The van der Waals surface area contributed by atoms with Crippen molar-refractivity contribution in [3.8, 4) is 22.9 Å². The normalized spacial score (nSPS) is 13.6. The Kier molecular flexibility index (Phi) is 6.28. The van der Waals surface area contributed by atoms with E-state index in [4.69, 9.17) is 9.40 Å². The molecule has 0 aliphatic heterocycles. The number of hydrogen-bond acceptors (Lipinski definition) is 4. The van der Waals surface area contributed by atoms with Gasteiger partial charge in [-0.05, 0) is 67.5 Å². The molecule has 6 nitrogen and oxygen atoms in total. The number of fused-ring (bicyclic) bond motifs is 8. The van der Waals surface area contributed by atoms with Crippen LogP contribution >= 0.6 is 0 Å². The predicted molar refractivity (Wildman–Crippen MR) is 191 cm³/mol. The number of rotatable bonds is 5. The van der Waals surface area contributed by atoms with Crippen LogP contribution in [0.25, 0.3) is 68.5 Å². The van der Waals surface area contributed by atoms with Crippen molar-refractivity contribution in [2.45, 2.75) is 26.2 Å². The lowest BCUT2D eigenvalue weighted by Gasteiger charge is -2.10. The maximum atomic E-state index is 6.20. The van der Waals surface area contributed by atoms with Gasteiger partial charge in [-0.2, -0.15) is 0 Å². The molecule has 0 radical (unpaired) electrons. The molecule has 0 spiro atoms. The minimum atomic E-state index is 0.674. The molecular weight excluding hydrogens is 578 g/mol. The summed E-state index contributed by atoms with van der Waals surface area (Å²) in [4.78, 5) is 14.5. The molecule has 226 valence electrons. The van der Waals surface area contributed by atoms with Gasteiger partial charge in [0.25, 0.3) is 0 Å². The SMILES string of the molecule is C=C(/C=C\c1oc2c(c1C)C=CCC2)c1cccc(-n2c3c(c4ccccc42)-c2c(n(-c4ncccn4)c4ccccc24)CC=C3)n1. The zero-order valence-corrected chi connectivity index (χ0v) is 26.0. The van der Waals surface area contributed by atoms with Gasteiger partial charge in [0.15, 0.2) is 0 Å². The molecule has 7 aromatic rings. The molecule has 5 heterocycles. The second-order valence-corrected chi connectivity index (χ2v) is 12.1. The Balaban J connectivity index is 1.19. The summed E-state index contributed by atoms with van der Waals surface area (Å²) in [5, 5.41) is 2.35. The van der Waals surface area contributed by atoms with Crippen LogP contribution in [0.4, 0.5) is 0 Å². The van der Waals surface area contributed by atoms with E-state index in [1.54, 1.807) is 12.4 Å². The van der Waals surface area contributed by atoms with Crippen molar-refractivity contribution in [3.63, 3.8) is 0 Å². The van der Waals surface area contributed by atoms with Crippen molar-refractivity contribution in [1.29, 1.82) is 0 Å². The fourth-order valence-electron chi connectivity index (χ4n) is 7.18. The van der Waals surface area contributed by atoms with E-state index in [0.717, 1.165) is 70.2 Å². The predicted octanol–water partition coefficient (Wildman–Crippen LogP) is 9.58. The summed E-state index contributed by atoms with van der Waals surface area (Å²) in [5.74, 6) is 3.45. The average molecular weight is 610 g/mol. The van der Waals surface area contributed by atoms with E-state index in [1.165, 1.54) is 33.2 Å². The van der Waals surface area contributed by atoms with Crippen LogP contribution in [0.2, 0.25) is 0 Å². The number of aromatic nitrogens is 5. The van der Waals surface area contributed by atoms with Crippen molar-refractivity contribution in [2.75, 3.05) is 0 Å². The minimum Gasteiger partial charge on any atom is -0.461 e. The highest BCUT2D eigenvalue weighted by molar-refractivity contribution is 6.11. The van der Waals surface area contributed by atoms with Gasteiger partial charge in [-0.1, -0.05) is 67.3 Å². The number of pyridine rings is 1. The first-order chi connectivity index (χ1) is 23.2. The molecule has 0 N–H and O–H groups in total. The van der Waals surface area contributed by atoms with E-state index in [1.807, 2.05) is 24.3 Å². The van der Waals surface area contributed by atoms with Gasteiger partial charge in [-0.25, -0.2) is 15.0 Å². The third-order valence-corrected chi connectivity index (χ3v) is 9.33. The van der Waals surface area contributed by atoms with Crippen LogP contribution in [0.15, 0.2) is 114 Å². The maximum Gasteiger partial charge on any atom is 0.234 e. The molecule has 0 unspecified atom stereocenters. The molecule has 6 heteroatoms. The summed E-state index contributed by atoms with van der Waals surface area (Å²) >= 11 is 0. The van der Waals surface area contributed by atoms with Gasteiger partial charge in [0.2, 0.25) is 5.95 Å². The van der Waals surface area contributed by atoms with Gasteiger partial charge in [0.05, 0.1) is 22.4 Å². The number of para-hydroxylation sites is 2. The third-order valence-electron chi connectivity index (χ3n) is 9.33. The smallest absolute Gasteiger partial charge is 0.234 e. The highest BCUT2D eigenvalue weighted by atomic mass is 16.3. The van der Waals surface area contributed by atoms with E-state index >= 15 is 0 Å². The van der Waals surface area contributed by atoms with Crippen molar-refractivity contribution < 1.29 is 4.42 Å². The second kappa shape index (κ2) is 10.8. The molecule has 0 amide bonds. The largest absolute Gasteiger partial charge is 0.461 e. The van der Waals surface area contributed by atoms with Crippen LogP contribution in [0, 0.1) is 6.92 Å². The van der Waals surface area contributed by atoms with Crippen molar-refractivity contribution >= 4 is 45.6 Å². The summed E-state index contributed by atoms with van der Waals surface area (Å²) in [5.41, 5.74) is 10.8. The lowest BCUT2D eigenvalue weighted by Crippen LogP contribution is -2.04. The number of allylic oxidation sites excluding steroid dienone is 4. The number of aryl methyl sites for hydroxylation is 1. The van der Waals surface area contributed by atoms with Crippen molar-refractivity contribution in [3.05, 3.63) is 150 Å². The van der Waals surface area contributed by atoms with Crippen LogP contribution in [-0.2, 0) is 12.8 Å². The second-order valence-electron chi connectivity index (χ2n) is 12.1. The molecule has 2 aliphatic carbocycles. The highest BCUT2D eigenvalue weighted by Crippen LogP contribution is 2.46. The maximum absolute atomic E-state index is 6.20. The lowest BCUT2D eigenvalue weighted by atomic mass is 9.99. The Morgan fingerprint density at radius 2 is 1.60 bits per heavy atom. The Morgan fingerprint density at radius 3 is 2.40 bits per heavy atom. The first-order valence-electron chi connectivity index (χ1n) is 16.0. The molecule has 0 saturated carbocycles. The van der Waals surface area contributed by atoms with E-state index in [-0.39, 0.29) is 0 Å². The van der Waals surface area contributed by atoms with Gasteiger partial charge in [-0.3, -0.25) is 9.13 Å². The molecule has 0 bridgehead atoms. The third kappa shape index (κ3) is 4.29. The van der Waals surface area contributed by atoms with E-state index in [9.17, 15) is 0 Å². The number of furan rings is 1. The number of benzene rings is 2. The van der Waals surface area contributed by atoms with Crippen LogP contribution in [0.3, 0.4) is 0 Å². The van der Waals surface area contributed by atoms with Crippen LogP contribution in [-0.4, -0.2) is 24.1 Å². The molecule has 9 rings (SSSR count). The lowest BCUT2D eigenvalue weighted by molar-refractivity contribution is 0.498. The Hall–Kier alpha value is -6.01. The average Bonchev–Trinajstić information content (AvgIpc) is 3.69. The van der Waals surface area contributed by atoms with Gasteiger partial charge in [0.1, 0.15) is 17.3 Å². The van der Waals surface area contributed by atoms with E-state index in [0.29, 0.717) is 5.95 Å². The number of nitrogens with zero attached hydrogens (tertiary/aromatic N) is 5. The minimum absolute atomic E-state index is 0.674. The van der Waals surface area contributed by atoms with Gasteiger partial charge >= 0.3 is 0 Å². The molecule has 2 aromatic carbocycles. The fraction of sp³-hybridized carbons (Fsp3) is 0.0976. The standard InChI is InChI=1S/C41H31N5O/c1-26(22-23-36-27(2)28-12-5-8-20-37(28)47-36)31-15-9-21-38(44-31)45-32-16-6-3-13-29(32)39-34(45)18-10-19-35-40(39)30-14-4-7-17-33(30)46(35)41-42-24-11-25-43-41/h3-7,9-18,21-25H,1,8,19-20H2,2H3/b23-22-. The highest BCUT2D eigenvalue weighted by Gasteiger charge is 2.28. The quantitative estimate of drug-likeness (QED) is 0.182. The molecule has 0 atom stereocenters. The zero-order valence-electron chi connectivity index (χ0n) is 26.0. The first kappa shape index (κ1) is 27.3. The van der Waals surface area contributed by atoms with E-state index in [2.05, 4.69) is 118 Å². The number of hydrogen-bond donors (Lipinski definition) is 0. The molecule has 2 aliphatic rings. The van der Waals surface area contributed by atoms with Crippen LogP contribution < -0.4 is 0 Å². The molecule has 0 saturated heterocycles. The molecular formula is C41H31N5O. The van der Waals surface area contributed by atoms with Gasteiger partial charge in [0, 0.05) is 64.0 Å². The van der Waals surface area contributed by atoms with Gasteiger partial charge in [-0.15, -0.1) is 0 Å². The Bertz CT molecular complexity index is 2470. The van der Waals surface area contributed by atoms with Crippen molar-refractivity contribution in [1.82, 2.24) is 24.1 Å². The van der Waals surface area contributed by atoms with E-state index < -0.39 is 0 Å². The summed E-state index contributed by atoms with van der Waals surface area (Å²) in [6, 6.07) is 25.2. The van der Waals surface area contributed by atoms with Crippen LogP contribution in [0.1, 0.15) is 46.2 Å². The summed E-state index contributed by atoms with van der Waals surface area (Å²) in [7, 11) is 0. The molecule has 5 aromatic heterocycles. The Morgan fingerprint density at radius 1 is 0.830 bits per heavy atom. The van der Waals surface area contributed by atoms with Crippen LogP contribution in [0.5, 0.6) is 0 Å².